The van der Waals surface area contributed by atoms with Gasteiger partial charge >= 0.3 is 0 Å². The van der Waals surface area contributed by atoms with Crippen molar-refractivity contribution in [2.45, 2.75) is 360 Å². The second-order valence-corrected chi connectivity index (χ2v) is 22.2. The highest BCUT2D eigenvalue weighted by molar-refractivity contribution is 5.76. The van der Waals surface area contributed by atoms with Gasteiger partial charge in [-0.25, -0.2) is 0 Å². The summed E-state index contributed by atoms with van der Waals surface area (Å²) in [6.07, 6.45) is 90.1. The van der Waals surface area contributed by atoms with E-state index in [9.17, 15) is 15.0 Å². The van der Waals surface area contributed by atoms with Crippen LogP contribution in [0.1, 0.15) is 348 Å². The summed E-state index contributed by atoms with van der Waals surface area (Å²) in [6, 6.07) is -0.639. The molecule has 0 aromatic heterocycles. The first-order valence-electron chi connectivity index (χ1n) is 32.5. The van der Waals surface area contributed by atoms with Crippen LogP contribution in [-0.4, -0.2) is 34.9 Å². The molecule has 0 aliphatic carbocycles. The average molecular weight is 1010 g/mol. The maximum Gasteiger partial charge on any atom is 0.220 e. The molecule has 4 nitrogen and oxygen atoms in total. The molecule has 0 radical (unpaired) electrons. The van der Waals surface area contributed by atoms with Crippen molar-refractivity contribution < 1.29 is 15.0 Å². The Morgan fingerprint density at radius 2 is 0.583 bits per heavy atom. The Morgan fingerprint density at radius 3 is 0.903 bits per heavy atom. The van der Waals surface area contributed by atoms with Crippen LogP contribution in [0.3, 0.4) is 0 Å². The zero-order chi connectivity index (χ0) is 52.0. The first kappa shape index (κ1) is 70.1. The van der Waals surface area contributed by atoms with Crippen LogP contribution in [0, 0.1) is 0 Å². The molecule has 0 saturated heterocycles. The molecule has 2 unspecified atom stereocenters. The Labute approximate surface area is 451 Å². The minimum atomic E-state index is -0.862. The van der Waals surface area contributed by atoms with Crippen LogP contribution in [0.15, 0.2) is 60.8 Å². The lowest BCUT2D eigenvalue weighted by molar-refractivity contribution is -0.123. The molecular weight excluding hydrogens is 879 g/mol. The number of hydrogen-bond acceptors (Lipinski definition) is 3. The van der Waals surface area contributed by atoms with E-state index in [1.54, 1.807) is 6.08 Å². The van der Waals surface area contributed by atoms with E-state index in [0.717, 1.165) is 44.9 Å². The predicted molar refractivity (Wildman–Crippen MR) is 322 cm³/mol. The number of carbonyl (C=O) groups is 1. The van der Waals surface area contributed by atoms with Crippen LogP contribution in [0.2, 0.25) is 0 Å². The topological polar surface area (TPSA) is 69.6 Å². The predicted octanol–water partition coefficient (Wildman–Crippen LogP) is 21.9. The third-order valence-electron chi connectivity index (χ3n) is 15.0. The quantitative estimate of drug-likeness (QED) is 0.0420. The number of rotatable bonds is 60. The highest BCUT2D eigenvalue weighted by Gasteiger charge is 2.18. The molecule has 0 spiro atoms. The van der Waals surface area contributed by atoms with Crippen LogP contribution >= 0.6 is 0 Å². The van der Waals surface area contributed by atoms with Crippen LogP contribution < -0.4 is 5.32 Å². The molecule has 0 saturated carbocycles. The smallest absolute Gasteiger partial charge is 0.220 e. The largest absolute Gasteiger partial charge is 0.394 e. The Morgan fingerprint density at radius 1 is 0.333 bits per heavy atom. The number of hydrogen-bond donors (Lipinski definition) is 3. The molecule has 4 heteroatoms. The number of nitrogens with one attached hydrogen (secondary N) is 1. The molecular formula is C68H127NO3. The Bertz CT molecular complexity index is 1190. The van der Waals surface area contributed by atoms with Crippen LogP contribution in [-0.2, 0) is 4.79 Å². The lowest BCUT2D eigenvalue weighted by Crippen LogP contribution is -2.45. The van der Waals surface area contributed by atoms with Crippen LogP contribution in [0.25, 0.3) is 0 Å². The minimum absolute atomic E-state index is 0.0681. The standard InChI is InChI=1S/C68H127NO3/c1-3-5-7-9-11-13-15-17-19-21-23-24-25-26-27-28-29-30-31-32-33-34-35-36-37-38-39-40-41-42-43-44-46-48-50-52-54-56-58-60-62-64-68(72)69-66(65-70)67(71)63-61-59-57-55-53-51-49-47-45-22-20-18-16-14-12-10-8-6-4-2/h15,17,21,23,25-26,53,55,61,63,66-67,70-71H,3-14,16,18-20,22,24,27-52,54,56-60,62,64-65H2,1-2H3,(H,69,72)/b17-15-,23-21-,26-25-,55-53+,63-61+. The van der Waals surface area contributed by atoms with Crippen LogP contribution in [0.4, 0.5) is 0 Å². The molecule has 2 atom stereocenters. The number of amides is 1. The van der Waals surface area contributed by atoms with Gasteiger partial charge < -0.3 is 15.5 Å². The summed E-state index contributed by atoms with van der Waals surface area (Å²) in [5.74, 6) is -0.0681. The summed E-state index contributed by atoms with van der Waals surface area (Å²) in [6.45, 7) is 4.31. The second kappa shape index (κ2) is 63.4. The van der Waals surface area contributed by atoms with E-state index in [0.29, 0.717) is 6.42 Å². The van der Waals surface area contributed by atoms with Gasteiger partial charge in [-0.2, -0.15) is 0 Å². The Kier molecular flexibility index (Phi) is 61.7. The van der Waals surface area contributed by atoms with Crippen molar-refractivity contribution in [3.63, 3.8) is 0 Å². The zero-order valence-electron chi connectivity index (χ0n) is 48.7. The molecule has 72 heavy (non-hydrogen) atoms. The van der Waals surface area contributed by atoms with Gasteiger partial charge in [0.05, 0.1) is 18.8 Å². The normalized spacial score (nSPS) is 13.1. The molecule has 0 fully saturated rings. The van der Waals surface area contributed by atoms with Gasteiger partial charge in [-0.3, -0.25) is 4.79 Å². The number of aliphatic hydroxyl groups is 2. The maximum atomic E-state index is 12.5. The van der Waals surface area contributed by atoms with Crippen molar-refractivity contribution in [3.8, 4) is 0 Å². The summed E-state index contributed by atoms with van der Waals surface area (Å²) in [5, 5.41) is 23.2. The summed E-state index contributed by atoms with van der Waals surface area (Å²) in [7, 11) is 0. The van der Waals surface area contributed by atoms with Gasteiger partial charge in [-0.15, -0.1) is 0 Å². The highest BCUT2D eigenvalue weighted by Crippen LogP contribution is 2.18. The lowest BCUT2D eigenvalue weighted by Gasteiger charge is -2.19. The van der Waals surface area contributed by atoms with E-state index in [-0.39, 0.29) is 12.5 Å². The highest BCUT2D eigenvalue weighted by atomic mass is 16.3. The third kappa shape index (κ3) is 59.0. The first-order valence-corrected chi connectivity index (χ1v) is 32.5. The zero-order valence-corrected chi connectivity index (χ0v) is 48.7. The SMILES string of the molecule is CCCCCCC/C=C\C/C=C\C/C=C\CCCCCCCCCCCCCCCCCCCCCCCCCCCCC(=O)NC(CO)C(O)/C=C/CC/C=C/CCCCCCCCCCCCCCC. The van der Waals surface area contributed by atoms with E-state index in [1.807, 2.05) is 6.08 Å². The molecule has 0 rings (SSSR count). The van der Waals surface area contributed by atoms with Gasteiger partial charge in [0.15, 0.2) is 0 Å². The molecule has 0 aliphatic heterocycles. The van der Waals surface area contributed by atoms with Gasteiger partial charge in [0.25, 0.3) is 0 Å². The van der Waals surface area contributed by atoms with Gasteiger partial charge in [-0.1, -0.05) is 331 Å². The summed E-state index contributed by atoms with van der Waals surface area (Å²) >= 11 is 0. The molecule has 0 bridgehead atoms. The fraction of sp³-hybridized carbons (Fsp3) is 0.838. The van der Waals surface area contributed by atoms with Crippen molar-refractivity contribution in [2.75, 3.05) is 6.61 Å². The van der Waals surface area contributed by atoms with E-state index < -0.39 is 12.1 Å². The molecule has 3 N–H and O–H groups in total. The van der Waals surface area contributed by atoms with Crippen molar-refractivity contribution >= 4 is 5.91 Å². The number of allylic oxidation sites excluding steroid dienone is 9. The van der Waals surface area contributed by atoms with E-state index in [1.165, 1.54) is 283 Å². The van der Waals surface area contributed by atoms with Crippen LogP contribution in [0.5, 0.6) is 0 Å². The average Bonchev–Trinajstić information content (AvgIpc) is 3.39. The van der Waals surface area contributed by atoms with Gasteiger partial charge in [0, 0.05) is 6.42 Å². The fourth-order valence-corrected chi connectivity index (χ4v) is 10.0. The number of unbranched alkanes of at least 4 members (excludes halogenated alkanes) is 45. The second-order valence-electron chi connectivity index (χ2n) is 22.2. The van der Waals surface area contributed by atoms with Gasteiger partial charge in [-0.05, 0) is 70.6 Å². The van der Waals surface area contributed by atoms with Crippen molar-refractivity contribution in [2.24, 2.45) is 0 Å². The fourth-order valence-electron chi connectivity index (χ4n) is 10.0. The lowest BCUT2D eigenvalue weighted by atomic mass is 10.0. The molecule has 422 valence electrons. The Hall–Kier alpha value is -1.91. The number of carbonyl (C=O) groups excluding carboxylic acids is 1. The molecule has 1 amide bonds. The third-order valence-corrected chi connectivity index (χ3v) is 15.0. The Balaban J connectivity index is 3.42. The maximum absolute atomic E-state index is 12.5. The molecule has 0 heterocycles. The van der Waals surface area contributed by atoms with E-state index >= 15 is 0 Å². The monoisotopic (exact) mass is 1010 g/mol. The summed E-state index contributed by atoms with van der Waals surface area (Å²) in [4.78, 5) is 12.5. The molecule has 0 aromatic carbocycles. The molecule has 0 aliphatic rings. The van der Waals surface area contributed by atoms with Gasteiger partial charge in [0.2, 0.25) is 5.91 Å². The summed E-state index contributed by atoms with van der Waals surface area (Å²) in [5.41, 5.74) is 0. The minimum Gasteiger partial charge on any atom is -0.394 e. The summed E-state index contributed by atoms with van der Waals surface area (Å²) < 4.78 is 0. The first-order chi connectivity index (χ1) is 35.7. The molecule has 0 aromatic rings. The number of aliphatic hydroxyl groups excluding tert-OH is 2. The van der Waals surface area contributed by atoms with Crippen molar-refractivity contribution in [3.05, 3.63) is 60.8 Å². The van der Waals surface area contributed by atoms with E-state index in [4.69, 9.17) is 0 Å². The van der Waals surface area contributed by atoms with E-state index in [2.05, 4.69) is 67.8 Å². The van der Waals surface area contributed by atoms with Crippen molar-refractivity contribution in [1.82, 2.24) is 5.32 Å². The van der Waals surface area contributed by atoms with Crippen molar-refractivity contribution in [1.29, 1.82) is 0 Å². The van der Waals surface area contributed by atoms with Gasteiger partial charge in [0.1, 0.15) is 0 Å².